The van der Waals surface area contributed by atoms with Gasteiger partial charge in [0.15, 0.2) is 17.8 Å². The van der Waals surface area contributed by atoms with Crippen LogP contribution in [0.4, 0.5) is 10.5 Å². The highest BCUT2D eigenvalue weighted by Gasteiger charge is 2.32. The number of halogens is 1. The van der Waals surface area contributed by atoms with Crippen LogP contribution in [-0.4, -0.2) is 73.8 Å². The van der Waals surface area contributed by atoms with E-state index in [2.05, 4.69) is 10.3 Å². The molecule has 4 rings (SSSR count). The second-order valence-electron chi connectivity index (χ2n) is 8.15. The van der Waals surface area contributed by atoms with Gasteiger partial charge in [-0.15, -0.1) is 11.3 Å². The average molecular weight is 548 g/mol. The molecular weight excluding hydrogens is 522 g/mol. The van der Waals surface area contributed by atoms with Gasteiger partial charge in [0.05, 0.1) is 25.9 Å². The maximum Gasteiger partial charge on any atom is 0.407 e. The summed E-state index contributed by atoms with van der Waals surface area (Å²) in [5, 5.41) is 13.2. The van der Waals surface area contributed by atoms with E-state index in [1.807, 2.05) is 12.1 Å². The van der Waals surface area contributed by atoms with Gasteiger partial charge in [-0.1, -0.05) is 23.7 Å². The zero-order valence-electron chi connectivity index (χ0n) is 20.4. The van der Waals surface area contributed by atoms with Crippen molar-refractivity contribution in [2.45, 2.75) is 18.8 Å². The van der Waals surface area contributed by atoms with E-state index in [4.69, 9.17) is 35.7 Å². The number of carbonyl (C=O) groups excluding carboxylic acids is 1. The summed E-state index contributed by atoms with van der Waals surface area (Å²) in [5.74, 6) is 0.532. The molecule has 0 spiro atoms. The van der Waals surface area contributed by atoms with Crippen molar-refractivity contribution in [1.82, 2.24) is 9.88 Å². The highest BCUT2D eigenvalue weighted by Crippen LogP contribution is 2.34. The highest BCUT2D eigenvalue weighted by atomic mass is 35.5. The SMILES string of the molecule is COc1cc(NC(=O)c2sc(-c3ccc(Cl)cc3)nc2CC(OC)OC)ccc1OC1CN(C(=O)O)C1. The minimum absolute atomic E-state index is 0.258. The summed E-state index contributed by atoms with van der Waals surface area (Å²) in [5.41, 5.74) is 1.88. The monoisotopic (exact) mass is 547 g/mol. The number of methoxy groups -OCH3 is 3. The van der Waals surface area contributed by atoms with Crippen LogP contribution in [-0.2, 0) is 15.9 Å². The number of hydrogen-bond donors (Lipinski definition) is 2. The number of amides is 2. The number of nitrogens with zero attached hydrogens (tertiary/aromatic N) is 2. The number of nitrogens with one attached hydrogen (secondary N) is 1. The molecule has 1 aliphatic rings. The normalized spacial score (nSPS) is 13.4. The van der Waals surface area contributed by atoms with Crippen molar-refractivity contribution in [3.8, 4) is 22.1 Å². The summed E-state index contributed by atoms with van der Waals surface area (Å²) >= 11 is 7.28. The third-order valence-electron chi connectivity index (χ3n) is 5.71. The van der Waals surface area contributed by atoms with Crippen LogP contribution >= 0.6 is 22.9 Å². The molecule has 0 unspecified atom stereocenters. The number of likely N-dealkylation sites (tertiary alicyclic amines) is 1. The molecule has 196 valence electrons. The molecular formula is C25H26ClN3O7S. The van der Waals surface area contributed by atoms with Crippen LogP contribution in [0.15, 0.2) is 42.5 Å². The second-order valence-corrected chi connectivity index (χ2v) is 9.59. The van der Waals surface area contributed by atoms with Gasteiger partial charge in [-0.3, -0.25) is 4.79 Å². The van der Waals surface area contributed by atoms with Crippen molar-refractivity contribution in [3.63, 3.8) is 0 Å². The van der Waals surface area contributed by atoms with Crippen molar-refractivity contribution in [3.05, 3.63) is 58.1 Å². The molecule has 0 radical (unpaired) electrons. The number of benzene rings is 2. The van der Waals surface area contributed by atoms with Crippen LogP contribution in [0.25, 0.3) is 10.6 Å². The molecule has 1 fully saturated rings. The quantitative estimate of drug-likeness (QED) is 0.353. The number of ether oxygens (including phenoxy) is 4. The number of rotatable bonds is 10. The van der Waals surface area contributed by atoms with Crippen LogP contribution < -0.4 is 14.8 Å². The van der Waals surface area contributed by atoms with Crippen molar-refractivity contribution in [1.29, 1.82) is 0 Å². The molecule has 12 heteroatoms. The summed E-state index contributed by atoms with van der Waals surface area (Å²) in [6.45, 7) is 0.566. The standard InChI is InChI=1S/C25H26ClN3O7S/c1-33-20-10-16(8-9-19(20)36-17-12-29(13-17)25(31)32)27-23(30)22-18(11-21(34-2)35-3)28-24(37-22)14-4-6-15(26)7-5-14/h4-10,17,21H,11-13H2,1-3H3,(H,27,30)(H,31,32). The fourth-order valence-electron chi connectivity index (χ4n) is 3.68. The summed E-state index contributed by atoms with van der Waals surface area (Å²) < 4.78 is 21.9. The van der Waals surface area contributed by atoms with Gasteiger partial charge in [0.25, 0.3) is 5.91 Å². The lowest BCUT2D eigenvalue weighted by Gasteiger charge is -2.37. The molecule has 2 aromatic carbocycles. The Morgan fingerprint density at radius 1 is 1.14 bits per heavy atom. The van der Waals surface area contributed by atoms with Crippen LogP contribution in [0, 0.1) is 0 Å². The lowest BCUT2D eigenvalue weighted by Crippen LogP contribution is -2.55. The van der Waals surface area contributed by atoms with E-state index < -0.39 is 12.4 Å². The number of carboxylic acid groups (broad SMARTS) is 1. The Bertz CT molecular complexity index is 1260. The smallest absolute Gasteiger partial charge is 0.407 e. The van der Waals surface area contributed by atoms with Gasteiger partial charge in [0, 0.05) is 43.0 Å². The Hall–Kier alpha value is -3.38. The van der Waals surface area contributed by atoms with E-state index >= 15 is 0 Å². The van der Waals surface area contributed by atoms with Crippen molar-refractivity contribution in [2.75, 3.05) is 39.7 Å². The van der Waals surface area contributed by atoms with Crippen molar-refractivity contribution in [2.24, 2.45) is 0 Å². The zero-order chi connectivity index (χ0) is 26.5. The van der Waals surface area contributed by atoms with Crippen LogP contribution in [0.3, 0.4) is 0 Å². The number of hydrogen-bond acceptors (Lipinski definition) is 8. The van der Waals surface area contributed by atoms with Gasteiger partial charge in [-0.25, -0.2) is 9.78 Å². The van der Waals surface area contributed by atoms with Crippen molar-refractivity contribution < 1.29 is 33.6 Å². The number of anilines is 1. The van der Waals surface area contributed by atoms with Gasteiger partial charge in [0.2, 0.25) is 0 Å². The fourth-order valence-corrected chi connectivity index (χ4v) is 4.80. The molecule has 3 aromatic rings. The zero-order valence-corrected chi connectivity index (χ0v) is 22.0. The molecule has 0 bridgehead atoms. The topological polar surface area (TPSA) is 119 Å². The molecule has 1 aromatic heterocycles. The first-order valence-corrected chi connectivity index (χ1v) is 12.5. The maximum atomic E-state index is 13.3. The van der Waals surface area contributed by atoms with E-state index in [1.165, 1.54) is 37.6 Å². The summed E-state index contributed by atoms with van der Waals surface area (Å²) in [7, 11) is 4.55. The molecule has 2 heterocycles. The largest absolute Gasteiger partial charge is 0.493 e. The lowest BCUT2D eigenvalue weighted by atomic mass is 10.2. The molecule has 37 heavy (non-hydrogen) atoms. The van der Waals surface area contributed by atoms with E-state index in [9.17, 15) is 9.59 Å². The van der Waals surface area contributed by atoms with Crippen LogP contribution in [0.2, 0.25) is 5.02 Å². The molecule has 10 nitrogen and oxygen atoms in total. The van der Waals surface area contributed by atoms with Crippen LogP contribution in [0.1, 0.15) is 15.4 Å². The van der Waals surface area contributed by atoms with E-state index in [1.54, 1.807) is 30.3 Å². The Labute approximate surface area is 222 Å². The Morgan fingerprint density at radius 3 is 2.46 bits per heavy atom. The first-order chi connectivity index (χ1) is 17.8. The molecule has 0 atom stereocenters. The van der Waals surface area contributed by atoms with Gasteiger partial charge in [-0.05, 0) is 24.3 Å². The minimum Gasteiger partial charge on any atom is -0.493 e. The number of carbonyl (C=O) groups is 2. The van der Waals surface area contributed by atoms with Gasteiger partial charge in [0.1, 0.15) is 16.0 Å². The lowest BCUT2D eigenvalue weighted by molar-refractivity contribution is -0.101. The minimum atomic E-state index is -0.978. The molecule has 1 saturated heterocycles. The number of thiazole rings is 1. The fraction of sp³-hybridized carbons (Fsp3) is 0.320. The summed E-state index contributed by atoms with van der Waals surface area (Å²) in [4.78, 5) is 30.7. The summed E-state index contributed by atoms with van der Waals surface area (Å²) in [6, 6.07) is 12.2. The maximum absolute atomic E-state index is 13.3. The first kappa shape index (κ1) is 26.7. The van der Waals surface area contributed by atoms with E-state index in [-0.39, 0.29) is 31.5 Å². The highest BCUT2D eigenvalue weighted by molar-refractivity contribution is 7.17. The Morgan fingerprint density at radius 2 is 1.84 bits per heavy atom. The first-order valence-electron chi connectivity index (χ1n) is 11.3. The third kappa shape index (κ3) is 6.31. The van der Waals surface area contributed by atoms with E-state index in [0.717, 1.165) is 5.56 Å². The van der Waals surface area contributed by atoms with Crippen LogP contribution in [0.5, 0.6) is 11.5 Å². The summed E-state index contributed by atoms with van der Waals surface area (Å²) in [6.07, 6.45) is -1.52. The van der Waals surface area contributed by atoms with Gasteiger partial charge < -0.3 is 34.3 Å². The van der Waals surface area contributed by atoms with E-state index in [0.29, 0.717) is 37.8 Å². The predicted molar refractivity (Wildman–Crippen MR) is 139 cm³/mol. The third-order valence-corrected chi connectivity index (χ3v) is 7.11. The van der Waals surface area contributed by atoms with Crippen molar-refractivity contribution >= 4 is 40.6 Å². The predicted octanol–water partition coefficient (Wildman–Crippen LogP) is 4.63. The molecule has 2 amide bonds. The van der Waals surface area contributed by atoms with Gasteiger partial charge >= 0.3 is 6.09 Å². The second kappa shape index (κ2) is 11.8. The average Bonchev–Trinajstić information content (AvgIpc) is 3.29. The molecule has 1 aliphatic heterocycles. The Balaban J connectivity index is 1.53. The number of aromatic nitrogens is 1. The molecule has 2 N–H and O–H groups in total. The molecule has 0 saturated carbocycles. The Kier molecular flexibility index (Phi) is 8.49. The van der Waals surface area contributed by atoms with Gasteiger partial charge in [-0.2, -0.15) is 0 Å². The molecule has 0 aliphatic carbocycles.